The van der Waals surface area contributed by atoms with Crippen LogP contribution in [0.15, 0.2) is 36.4 Å². The van der Waals surface area contributed by atoms with Crippen LogP contribution >= 0.6 is 0 Å². The Bertz CT molecular complexity index is 202. The van der Waals surface area contributed by atoms with Crippen LogP contribution in [-0.4, -0.2) is 11.7 Å². The Hall–Kier alpha value is -1.08. The van der Waals surface area contributed by atoms with Gasteiger partial charge in [-0.25, -0.2) is 0 Å². The lowest BCUT2D eigenvalue weighted by Gasteiger charge is -1.88. The van der Waals surface area contributed by atoms with Crippen LogP contribution in [0.25, 0.3) is 6.08 Å². The van der Waals surface area contributed by atoms with Crippen molar-refractivity contribution >= 4 is 6.08 Å². The summed E-state index contributed by atoms with van der Waals surface area (Å²) in [6.45, 7) is 4.11. The third-order valence-electron chi connectivity index (χ3n) is 1.22. The quantitative estimate of drug-likeness (QED) is 0.712. The third-order valence-corrected chi connectivity index (χ3v) is 1.22. The van der Waals surface area contributed by atoms with Gasteiger partial charge >= 0.3 is 0 Å². The summed E-state index contributed by atoms with van der Waals surface area (Å²) in [6, 6.07) is 9.89. The summed E-state index contributed by atoms with van der Waals surface area (Å²) in [5, 5.41) is 8.44. The van der Waals surface area contributed by atoms with Crippen LogP contribution in [0.1, 0.15) is 19.4 Å². The number of hydrogen-bond donors (Lipinski definition) is 1. The van der Waals surface area contributed by atoms with E-state index in [0.29, 0.717) is 0 Å². The molecule has 0 unspecified atom stereocenters. The zero-order valence-corrected chi connectivity index (χ0v) is 7.70. The van der Waals surface area contributed by atoms with E-state index in [4.69, 9.17) is 5.11 Å². The van der Waals surface area contributed by atoms with Crippen molar-refractivity contribution in [1.29, 1.82) is 0 Å². The predicted octanol–water partition coefficient (Wildman–Crippen LogP) is 2.72. The van der Waals surface area contributed by atoms with E-state index in [9.17, 15) is 0 Å². The van der Waals surface area contributed by atoms with Gasteiger partial charge in [0.25, 0.3) is 0 Å². The van der Waals surface area contributed by atoms with Crippen LogP contribution < -0.4 is 0 Å². The predicted molar refractivity (Wildman–Crippen MR) is 53.9 cm³/mol. The second-order valence-electron chi connectivity index (χ2n) is 2.00. The van der Waals surface area contributed by atoms with Crippen molar-refractivity contribution in [3.8, 4) is 0 Å². The molecule has 0 aliphatic heterocycles. The second-order valence-corrected chi connectivity index (χ2v) is 2.00. The van der Waals surface area contributed by atoms with E-state index >= 15 is 0 Å². The molecule has 0 radical (unpaired) electrons. The fourth-order valence-corrected chi connectivity index (χ4v) is 0.753. The molecule has 1 heteroatoms. The molecular formula is C11H16O. The monoisotopic (exact) mass is 164 g/mol. The van der Waals surface area contributed by atoms with Gasteiger partial charge in [-0.15, -0.1) is 0 Å². The average Bonchev–Trinajstić information content (AvgIpc) is 2.19. The lowest BCUT2D eigenvalue weighted by molar-refractivity contribution is 0.343. The molecule has 0 saturated heterocycles. The summed E-state index contributed by atoms with van der Waals surface area (Å²) < 4.78 is 0. The van der Waals surface area contributed by atoms with Gasteiger partial charge in [0, 0.05) is 0 Å². The fourth-order valence-electron chi connectivity index (χ4n) is 0.753. The molecule has 0 amide bonds. The molecule has 1 aromatic rings. The third kappa shape index (κ3) is 4.69. The first-order valence-electron chi connectivity index (χ1n) is 4.26. The SMILES string of the molecule is CC.OC/C=C/c1ccccc1. The Morgan fingerprint density at radius 2 is 1.75 bits per heavy atom. The van der Waals surface area contributed by atoms with Crippen LogP contribution in [0, 0.1) is 0 Å². The van der Waals surface area contributed by atoms with Crippen molar-refractivity contribution in [2.45, 2.75) is 13.8 Å². The van der Waals surface area contributed by atoms with E-state index in [2.05, 4.69) is 0 Å². The highest BCUT2D eigenvalue weighted by Gasteiger charge is 1.79. The Kier molecular flexibility index (Phi) is 7.30. The maximum atomic E-state index is 8.44. The Morgan fingerprint density at radius 3 is 2.25 bits per heavy atom. The summed E-state index contributed by atoms with van der Waals surface area (Å²) in [7, 11) is 0. The molecular weight excluding hydrogens is 148 g/mol. The van der Waals surface area contributed by atoms with E-state index in [-0.39, 0.29) is 6.61 Å². The van der Waals surface area contributed by atoms with Gasteiger partial charge in [-0.05, 0) is 5.56 Å². The minimum atomic E-state index is 0.106. The van der Waals surface area contributed by atoms with Gasteiger partial charge in [-0.1, -0.05) is 56.3 Å². The summed E-state index contributed by atoms with van der Waals surface area (Å²) in [6.07, 6.45) is 3.61. The van der Waals surface area contributed by atoms with Gasteiger partial charge < -0.3 is 5.11 Å². The van der Waals surface area contributed by atoms with Gasteiger partial charge in [0.2, 0.25) is 0 Å². The average molecular weight is 164 g/mol. The highest BCUT2D eigenvalue weighted by Crippen LogP contribution is 1.99. The molecule has 0 bridgehead atoms. The van der Waals surface area contributed by atoms with E-state index in [1.807, 2.05) is 50.3 Å². The number of rotatable bonds is 2. The summed E-state index contributed by atoms with van der Waals surface area (Å²) in [4.78, 5) is 0. The second kappa shape index (κ2) is 8.02. The Labute approximate surface area is 74.4 Å². The first-order chi connectivity index (χ1) is 5.93. The van der Waals surface area contributed by atoms with Crippen molar-refractivity contribution in [2.75, 3.05) is 6.61 Å². The van der Waals surface area contributed by atoms with E-state index in [1.54, 1.807) is 6.08 Å². The highest BCUT2D eigenvalue weighted by molar-refractivity contribution is 5.48. The van der Waals surface area contributed by atoms with Gasteiger partial charge in [-0.3, -0.25) is 0 Å². The molecule has 1 nitrogen and oxygen atoms in total. The van der Waals surface area contributed by atoms with E-state index in [1.165, 1.54) is 0 Å². The molecule has 0 fully saturated rings. The number of aliphatic hydroxyl groups is 1. The zero-order valence-electron chi connectivity index (χ0n) is 7.70. The maximum Gasteiger partial charge on any atom is 0.0615 e. The van der Waals surface area contributed by atoms with Crippen molar-refractivity contribution in [3.05, 3.63) is 42.0 Å². The summed E-state index contributed by atoms with van der Waals surface area (Å²) >= 11 is 0. The largest absolute Gasteiger partial charge is 0.392 e. The van der Waals surface area contributed by atoms with Crippen LogP contribution in [0.5, 0.6) is 0 Å². The van der Waals surface area contributed by atoms with Gasteiger partial charge in [0.05, 0.1) is 6.61 Å². The van der Waals surface area contributed by atoms with Crippen molar-refractivity contribution in [2.24, 2.45) is 0 Å². The molecule has 0 aliphatic rings. The molecule has 1 rings (SSSR count). The fraction of sp³-hybridized carbons (Fsp3) is 0.273. The van der Waals surface area contributed by atoms with Gasteiger partial charge in [0.15, 0.2) is 0 Å². The maximum absolute atomic E-state index is 8.44. The van der Waals surface area contributed by atoms with E-state index < -0.39 is 0 Å². The first-order valence-corrected chi connectivity index (χ1v) is 4.26. The van der Waals surface area contributed by atoms with Gasteiger partial charge in [0.1, 0.15) is 0 Å². The number of hydrogen-bond acceptors (Lipinski definition) is 1. The summed E-state index contributed by atoms with van der Waals surface area (Å²) in [5.41, 5.74) is 1.12. The Morgan fingerprint density at radius 1 is 1.17 bits per heavy atom. The zero-order chi connectivity index (χ0) is 9.23. The van der Waals surface area contributed by atoms with E-state index in [0.717, 1.165) is 5.56 Å². The van der Waals surface area contributed by atoms with Crippen molar-refractivity contribution in [3.63, 3.8) is 0 Å². The molecule has 0 heterocycles. The molecule has 0 saturated carbocycles. The van der Waals surface area contributed by atoms with Crippen LogP contribution in [0.3, 0.4) is 0 Å². The molecule has 0 spiro atoms. The lowest BCUT2D eigenvalue weighted by Crippen LogP contribution is -1.72. The minimum Gasteiger partial charge on any atom is -0.392 e. The van der Waals surface area contributed by atoms with Crippen LogP contribution in [-0.2, 0) is 0 Å². The molecule has 1 aromatic carbocycles. The molecule has 0 aromatic heterocycles. The Balaban J connectivity index is 0.000000561. The number of aliphatic hydroxyl groups excluding tert-OH is 1. The topological polar surface area (TPSA) is 20.2 Å². The van der Waals surface area contributed by atoms with Gasteiger partial charge in [-0.2, -0.15) is 0 Å². The molecule has 1 N–H and O–H groups in total. The normalized spacial score (nSPS) is 9.25. The van der Waals surface area contributed by atoms with Crippen molar-refractivity contribution in [1.82, 2.24) is 0 Å². The minimum absolute atomic E-state index is 0.106. The van der Waals surface area contributed by atoms with Crippen LogP contribution in [0.2, 0.25) is 0 Å². The number of benzene rings is 1. The molecule has 12 heavy (non-hydrogen) atoms. The van der Waals surface area contributed by atoms with Crippen molar-refractivity contribution < 1.29 is 5.11 Å². The molecule has 0 atom stereocenters. The highest BCUT2D eigenvalue weighted by atomic mass is 16.2. The molecule has 0 aliphatic carbocycles. The first kappa shape index (κ1) is 10.9. The lowest BCUT2D eigenvalue weighted by atomic mass is 10.2. The standard InChI is InChI=1S/C9H10O.C2H6/c10-8-4-7-9-5-2-1-3-6-9;1-2/h1-7,10H,8H2;1-2H3/b7-4+;. The molecule has 66 valence electrons. The van der Waals surface area contributed by atoms with Crippen LogP contribution in [0.4, 0.5) is 0 Å². The smallest absolute Gasteiger partial charge is 0.0615 e. The summed E-state index contributed by atoms with van der Waals surface area (Å²) in [5.74, 6) is 0.